The zero-order valence-electron chi connectivity index (χ0n) is 10.7. The van der Waals surface area contributed by atoms with Gasteiger partial charge in [0.15, 0.2) is 5.78 Å². The van der Waals surface area contributed by atoms with E-state index in [1.54, 1.807) is 38.3 Å². The molecular weight excluding hydrogens is 228 g/mol. The summed E-state index contributed by atoms with van der Waals surface area (Å²) < 4.78 is 5.17. The highest BCUT2D eigenvalue weighted by molar-refractivity contribution is 6.04. The van der Waals surface area contributed by atoms with E-state index in [1.165, 1.54) is 6.08 Å². The van der Waals surface area contributed by atoms with Crippen molar-refractivity contribution in [2.45, 2.75) is 19.4 Å². The molecule has 96 valence electrons. The summed E-state index contributed by atoms with van der Waals surface area (Å²) in [6, 6.07) is 9.03. The van der Waals surface area contributed by atoms with Gasteiger partial charge >= 0.3 is 0 Å². The second-order valence-corrected chi connectivity index (χ2v) is 3.85. The molecule has 0 heterocycles. The minimum Gasteiger partial charge on any atom is -0.513 e. The first-order valence-electron chi connectivity index (χ1n) is 5.82. The number of hydrogen-bond donors (Lipinski definition) is 1. The molecule has 0 radical (unpaired) electrons. The fraction of sp³-hybridized carbons (Fsp3) is 0.267. The van der Waals surface area contributed by atoms with E-state index in [4.69, 9.17) is 4.74 Å². The molecule has 0 fully saturated rings. The highest BCUT2D eigenvalue weighted by Gasteiger charge is 2.07. The van der Waals surface area contributed by atoms with Crippen molar-refractivity contribution in [2.75, 3.05) is 7.11 Å². The van der Waals surface area contributed by atoms with Gasteiger partial charge in [0.2, 0.25) is 0 Å². The second kappa shape index (κ2) is 7.45. The van der Waals surface area contributed by atoms with E-state index >= 15 is 0 Å². The highest BCUT2D eigenvalue weighted by atomic mass is 16.5. The van der Waals surface area contributed by atoms with Gasteiger partial charge in [-0.1, -0.05) is 36.4 Å². The van der Waals surface area contributed by atoms with Crippen LogP contribution in [0, 0.1) is 0 Å². The number of ketones is 1. The van der Waals surface area contributed by atoms with Gasteiger partial charge in [-0.15, -0.1) is 0 Å². The Hall–Kier alpha value is -1.87. The lowest BCUT2D eigenvalue weighted by atomic mass is 10.1. The Morgan fingerprint density at radius 1 is 1.39 bits per heavy atom. The van der Waals surface area contributed by atoms with Crippen molar-refractivity contribution in [2.24, 2.45) is 0 Å². The van der Waals surface area contributed by atoms with Crippen molar-refractivity contribution in [3.63, 3.8) is 0 Å². The Labute approximate surface area is 107 Å². The molecule has 1 unspecified atom stereocenters. The monoisotopic (exact) mass is 246 g/mol. The molecule has 0 aliphatic carbocycles. The molecule has 0 bridgehead atoms. The third kappa shape index (κ3) is 4.55. The lowest BCUT2D eigenvalue weighted by molar-refractivity contribution is 0.103. The van der Waals surface area contributed by atoms with Crippen LogP contribution >= 0.6 is 0 Å². The predicted octanol–water partition coefficient (Wildman–Crippen LogP) is 3.29. The first-order valence-corrected chi connectivity index (χ1v) is 5.82. The first-order chi connectivity index (χ1) is 8.67. The van der Waals surface area contributed by atoms with E-state index in [-0.39, 0.29) is 17.6 Å². The van der Waals surface area contributed by atoms with Gasteiger partial charge in [-0.2, -0.15) is 0 Å². The van der Waals surface area contributed by atoms with E-state index in [0.717, 1.165) is 0 Å². The van der Waals surface area contributed by atoms with Crippen molar-refractivity contribution in [1.29, 1.82) is 0 Å². The number of hydrogen-bond acceptors (Lipinski definition) is 3. The summed E-state index contributed by atoms with van der Waals surface area (Å²) in [4.78, 5) is 11.8. The molecule has 3 heteroatoms. The van der Waals surface area contributed by atoms with Gasteiger partial charge in [-0.25, -0.2) is 0 Å². The molecule has 18 heavy (non-hydrogen) atoms. The zero-order chi connectivity index (χ0) is 13.4. The molecule has 0 spiro atoms. The lowest BCUT2D eigenvalue weighted by Crippen LogP contribution is -2.09. The third-order valence-corrected chi connectivity index (χ3v) is 2.57. The van der Waals surface area contributed by atoms with Gasteiger partial charge in [0.25, 0.3) is 0 Å². The van der Waals surface area contributed by atoms with Gasteiger partial charge in [0.05, 0.1) is 11.9 Å². The topological polar surface area (TPSA) is 46.5 Å². The summed E-state index contributed by atoms with van der Waals surface area (Å²) in [6.45, 7) is 1.75. The predicted molar refractivity (Wildman–Crippen MR) is 71.7 cm³/mol. The fourth-order valence-corrected chi connectivity index (χ4v) is 1.45. The van der Waals surface area contributed by atoms with Crippen LogP contribution in [0.1, 0.15) is 23.7 Å². The molecule has 0 saturated carbocycles. The third-order valence-electron chi connectivity index (χ3n) is 2.57. The van der Waals surface area contributed by atoms with E-state index in [9.17, 15) is 9.90 Å². The lowest BCUT2D eigenvalue weighted by Gasteiger charge is -2.09. The molecule has 1 rings (SSSR count). The Balaban J connectivity index is 2.64. The Bertz CT molecular complexity index is 432. The number of carbonyl (C=O) groups excluding carboxylic acids is 1. The van der Waals surface area contributed by atoms with Crippen LogP contribution in [0.15, 0.2) is 54.3 Å². The standard InChI is InChI=1S/C15H18O3/c1-3-13(16)11-14(18-2)9-10-15(17)12-7-5-4-6-8-12/h3-10,14,16H,11H2,1-2H3/b10-9+,13-3-. The second-order valence-electron chi connectivity index (χ2n) is 3.85. The Kier molecular flexibility index (Phi) is 5.88. The average Bonchev–Trinajstić information content (AvgIpc) is 2.43. The molecule has 1 aromatic carbocycles. The summed E-state index contributed by atoms with van der Waals surface area (Å²) in [6.07, 6.45) is 4.82. The maximum Gasteiger partial charge on any atom is 0.185 e. The SMILES string of the molecule is C/C=C(\O)CC(/C=C/C(=O)c1ccccc1)OC. The molecule has 0 amide bonds. The molecule has 0 aliphatic heterocycles. The normalized spacial score (nSPS) is 13.8. The fourth-order valence-electron chi connectivity index (χ4n) is 1.45. The minimum absolute atomic E-state index is 0.0717. The number of rotatable bonds is 6. The number of carbonyl (C=O) groups is 1. The van der Waals surface area contributed by atoms with Crippen molar-refractivity contribution in [3.8, 4) is 0 Å². The van der Waals surface area contributed by atoms with Crippen LogP contribution in [0.5, 0.6) is 0 Å². The molecule has 1 aromatic rings. The van der Waals surface area contributed by atoms with Crippen molar-refractivity contribution in [3.05, 3.63) is 59.9 Å². The Morgan fingerprint density at radius 3 is 2.61 bits per heavy atom. The van der Waals surface area contributed by atoms with E-state index in [2.05, 4.69) is 0 Å². The van der Waals surface area contributed by atoms with Crippen LogP contribution in [-0.4, -0.2) is 24.1 Å². The molecule has 1 atom stereocenters. The van der Waals surface area contributed by atoms with Gasteiger partial charge in [0, 0.05) is 19.1 Å². The van der Waals surface area contributed by atoms with Crippen LogP contribution in [0.2, 0.25) is 0 Å². The first kappa shape index (κ1) is 14.2. The van der Waals surface area contributed by atoms with E-state index < -0.39 is 0 Å². The van der Waals surface area contributed by atoms with Gasteiger partial charge in [-0.05, 0) is 19.1 Å². The molecule has 3 nitrogen and oxygen atoms in total. The maximum absolute atomic E-state index is 11.8. The number of benzene rings is 1. The molecule has 0 aliphatic rings. The highest BCUT2D eigenvalue weighted by Crippen LogP contribution is 2.08. The maximum atomic E-state index is 11.8. The summed E-state index contributed by atoms with van der Waals surface area (Å²) in [5.41, 5.74) is 0.638. The molecular formula is C15H18O3. The summed E-state index contributed by atoms with van der Waals surface area (Å²) in [7, 11) is 1.55. The molecule has 0 aromatic heterocycles. The van der Waals surface area contributed by atoms with Gasteiger partial charge in [0.1, 0.15) is 0 Å². The van der Waals surface area contributed by atoms with Crippen molar-refractivity contribution < 1.29 is 14.6 Å². The number of methoxy groups -OCH3 is 1. The van der Waals surface area contributed by atoms with Crippen molar-refractivity contribution in [1.82, 2.24) is 0 Å². The van der Waals surface area contributed by atoms with Crippen LogP contribution in [0.25, 0.3) is 0 Å². The van der Waals surface area contributed by atoms with Crippen molar-refractivity contribution >= 4 is 5.78 Å². The number of allylic oxidation sites excluding steroid dienone is 2. The van der Waals surface area contributed by atoms with Crippen LogP contribution in [-0.2, 0) is 4.74 Å². The summed E-state index contributed by atoms with van der Waals surface area (Å²) in [5, 5.41) is 9.40. The average molecular weight is 246 g/mol. The largest absolute Gasteiger partial charge is 0.513 e. The van der Waals surface area contributed by atoms with Crippen LogP contribution in [0.4, 0.5) is 0 Å². The minimum atomic E-state index is -0.297. The number of aliphatic hydroxyl groups excluding tert-OH is 1. The van der Waals surface area contributed by atoms with Crippen LogP contribution in [0.3, 0.4) is 0 Å². The molecule has 0 saturated heterocycles. The van der Waals surface area contributed by atoms with Gasteiger partial charge in [-0.3, -0.25) is 4.79 Å². The van der Waals surface area contributed by atoms with E-state index in [1.807, 2.05) is 18.2 Å². The smallest absolute Gasteiger partial charge is 0.185 e. The quantitative estimate of drug-likeness (QED) is 0.476. The Morgan fingerprint density at radius 2 is 2.06 bits per heavy atom. The summed E-state index contributed by atoms with van der Waals surface area (Å²) in [5.74, 6) is 0.177. The zero-order valence-corrected chi connectivity index (χ0v) is 10.7. The number of ether oxygens (including phenoxy) is 1. The summed E-state index contributed by atoms with van der Waals surface area (Å²) >= 11 is 0. The number of aliphatic hydroxyl groups is 1. The van der Waals surface area contributed by atoms with E-state index in [0.29, 0.717) is 12.0 Å². The molecule has 1 N–H and O–H groups in total. The van der Waals surface area contributed by atoms with Gasteiger partial charge < -0.3 is 9.84 Å². The van der Waals surface area contributed by atoms with Crippen LogP contribution < -0.4 is 0 Å².